The lowest BCUT2D eigenvalue weighted by Gasteiger charge is -2.22. The van der Waals surface area contributed by atoms with Crippen molar-refractivity contribution in [1.82, 2.24) is 9.97 Å². The maximum absolute atomic E-state index is 8.79. The van der Waals surface area contributed by atoms with E-state index in [4.69, 9.17) is 5.26 Å². The summed E-state index contributed by atoms with van der Waals surface area (Å²) in [7, 11) is 0. The van der Waals surface area contributed by atoms with Gasteiger partial charge in [0.1, 0.15) is 5.82 Å². The van der Waals surface area contributed by atoms with Crippen molar-refractivity contribution in [3.05, 3.63) is 54.0 Å². The molecule has 0 aliphatic carbocycles. The van der Waals surface area contributed by atoms with Crippen LogP contribution in [-0.4, -0.2) is 16.5 Å². The Bertz CT molecular complexity index is 563. The molecule has 0 fully saturated rings. The molecule has 0 aliphatic rings. The highest BCUT2D eigenvalue weighted by atomic mass is 79.9. The van der Waals surface area contributed by atoms with E-state index >= 15 is 0 Å². The van der Waals surface area contributed by atoms with E-state index in [0.717, 1.165) is 22.3 Å². The number of nitriles is 1. The summed E-state index contributed by atoms with van der Waals surface area (Å²) >= 11 is 3.41. The van der Waals surface area contributed by atoms with Gasteiger partial charge in [0.05, 0.1) is 12.5 Å². The van der Waals surface area contributed by atoms with E-state index in [1.807, 2.05) is 36.7 Å². The minimum Gasteiger partial charge on any atom is -0.351 e. The van der Waals surface area contributed by atoms with Gasteiger partial charge in [0.25, 0.3) is 0 Å². The first-order valence-electron chi connectivity index (χ1n) is 6.35. The first kappa shape index (κ1) is 14.5. The van der Waals surface area contributed by atoms with Crippen molar-refractivity contribution in [2.75, 3.05) is 11.4 Å². The monoisotopic (exact) mass is 330 g/mol. The number of anilines is 1. The molecule has 20 heavy (non-hydrogen) atoms. The van der Waals surface area contributed by atoms with Crippen molar-refractivity contribution in [3.63, 3.8) is 0 Å². The van der Waals surface area contributed by atoms with Crippen LogP contribution in [0, 0.1) is 11.3 Å². The van der Waals surface area contributed by atoms with Crippen molar-refractivity contribution in [2.45, 2.75) is 18.3 Å². The number of hydrogen-bond acceptors (Lipinski definition) is 4. The number of halogens is 1. The topological polar surface area (TPSA) is 52.8 Å². The fourth-order valence-electron chi connectivity index (χ4n) is 1.85. The van der Waals surface area contributed by atoms with E-state index in [0.29, 0.717) is 19.5 Å². The average Bonchev–Trinajstić information content (AvgIpc) is 2.52. The molecule has 102 valence electrons. The Balaban J connectivity index is 2.15. The Labute approximate surface area is 127 Å². The van der Waals surface area contributed by atoms with E-state index in [1.165, 1.54) is 0 Å². The van der Waals surface area contributed by atoms with E-state index in [1.54, 1.807) is 6.20 Å². The largest absolute Gasteiger partial charge is 0.351 e. The third-order valence-electron chi connectivity index (χ3n) is 2.88. The predicted molar refractivity (Wildman–Crippen MR) is 82.4 cm³/mol. The summed E-state index contributed by atoms with van der Waals surface area (Å²) < 4.78 is 0. The lowest BCUT2D eigenvalue weighted by atomic mass is 10.2. The van der Waals surface area contributed by atoms with Crippen molar-refractivity contribution >= 4 is 21.7 Å². The molecule has 0 radical (unpaired) electrons. The van der Waals surface area contributed by atoms with Crippen molar-refractivity contribution in [3.8, 4) is 6.07 Å². The van der Waals surface area contributed by atoms with Gasteiger partial charge in [0.15, 0.2) is 0 Å². The lowest BCUT2D eigenvalue weighted by molar-refractivity contribution is 0.780. The molecular formula is C15H15BrN4. The van der Waals surface area contributed by atoms with E-state index in [-0.39, 0.29) is 0 Å². The zero-order chi connectivity index (χ0) is 14.2. The quantitative estimate of drug-likeness (QED) is 0.762. The van der Waals surface area contributed by atoms with Gasteiger partial charge >= 0.3 is 0 Å². The fourth-order valence-corrected chi connectivity index (χ4v) is 2.19. The summed E-state index contributed by atoms with van der Waals surface area (Å²) in [5.41, 5.74) is 2.24. The molecule has 0 atom stereocenters. The molecule has 0 saturated heterocycles. The number of nitrogens with zero attached hydrogens (tertiary/aromatic N) is 4. The minimum absolute atomic E-state index is 0.474. The molecule has 0 N–H and O–H groups in total. The Morgan fingerprint density at radius 3 is 2.70 bits per heavy atom. The fraction of sp³-hybridized carbons (Fsp3) is 0.267. The van der Waals surface area contributed by atoms with Crippen LogP contribution < -0.4 is 4.90 Å². The summed E-state index contributed by atoms with van der Waals surface area (Å²) in [5, 5.41) is 9.59. The van der Waals surface area contributed by atoms with Crippen LogP contribution >= 0.6 is 15.9 Å². The smallest absolute Gasteiger partial charge is 0.128 e. The van der Waals surface area contributed by atoms with Crippen LogP contribution in [0.1, 0.15) is 17.5 Å². The van der Waals surface area contributed by atoms with Crippen LogP contribution in [0.3, 0.4) is 0 Å². The summed E-state index contributed by atoms with van der Waals surface area (Å²) in [6.07, 6.45) is 5.92. The molecule has 0 bridgehead atoms. The highest BCUT2D eigenvalue weighted by Gasteiger charge is 2.08. The van der Waals surface area contributed by atoms with Gasteiger partial charge in [-0.05, 0) is 23.3 Å². The Hall–Kier alpha value is -1.93. The van der Waals surface area contributed by atoms with Gasteiger partial charge in [-0.25, -0.2) is 4.98 Å². The molecule has 2 rings (SSSR count). The second-order valence-electron chi connectivity index (χ2n) is 4.35. The second kappa shape index (κ2) is 7.61. The predicted octanol–water partition coefficient (Wildman–Crippen LogP) is 3.29. The third-order valence-corrected chi connectivity index (χ3v) is 3.52. The van der Waals surface area contributed by atoms with Crippen LogP contribution in [0.5, 0.6) is 0 Å². The zero-order valence-corrected chi connectivity index (χ0v) is 12.6. The van der Waals surface area contributed by atoms with Crippen molar-refractivity contribution in [2.24, 2.45) is 0 Å². The van der Waals surface area contributed by atoms with Crippen LogP contribution in [0.25, 0.3) is 0 Å². The molecule has 0 unspecified atom stereocenters. The average molecular weight is 331 g/mol. The van der Waals surface area contributed by atoms with Crippen molar-refractivity contribution in [1.29, 1.82) is 5.26 Å². The summed E-state index contributed by atoms with van der Waals surface area (Å²) in [4.78, 5) is 10.7. The van der Waals surface area contributed by atoms with Gasteiger partial charge in [0.2, 0.25) is 0 Å². The van der Waals surface area contributed by atoms with Gasteiger partial charge in [-0.15, -0.1) is 0 Å². The van der Waals surface area contributed by atoms with E-state index in [9.17, 15) is 0 Å². The standard InChI is InChI=1S/C15H15BrN4/c16-9-13-4-5-15(19-11-13)20(8-2-6-17)12-14-3-1-7-18-10-14/h1,3-5,7,10-11H,2,8-9,12H2. The Morgan fingerprint density at radius 1 is 1.20 bits per heavy atom. The molecular weight excluding hydrogens is 316 g/mol. The Kier molecular flexibility index (Phi) is 5.51. The van der Waals surface area contributed by atoms with E-state index < -0.39 is 0 Å². The van der Waals surface area contributed by atoms with Gasteiger partial charge < -0.3 is 4.90 Å². The molecule has 0 amide bonds. The maximum atomic E-state index is 8.79. The molecule has 0 aliphatic heterocycles. The minimum atomic E-state index is 0.474. The molecule has 0 spiro atoms. The van der Waals surface area contributed by atoms with Crippen LogP contribution in [0.2, 0.25) is 0 Å². The molecule has 2 aromatic rings. The lowest BCUT2D eigenvalue weighted by Crippen LogP contribution is -2.24. The summed E-state index contributed by atoms with van der Waals surface area (Å²) in [5.74, 6) is 0.883. The zero-order valence-electron chi connectivity index (χ0n) is 11.0. The van der Waals surface area contributed by atoms with Crippen LogP contribution in [-0.2, 0) is 11.9 Å². The number of pyridine rings is 2. The molecule has 2 heterocycles. The molecule has 2 aromatic heterocycles. The number of hydrogen-bond donors (Lipinski definition) is 0. The van der Waals surface area contributed by atoms with Crippen LogP contribution in [0.4, 0.5) is 5.82 Å². The third kappa shape index (κ3) is 4.04. The normalized spacial score (nSPS) is 10.0. The van der Waals surface area contributed by atoms with Gasteiger partial charge in [0, 0.05) is 37.0 Å². The van der Waals surface area contributed by atoms with Gasteiger partial charge in [-0.3, -0.25) is 4.98 Å². The molecule has 5 heteroatoms. The van der Waals surface area contributed by atoms with Crippen LogP contribution in [0.15, 0.2) is 42.9 Å². The number of rotatable bonds is 6. The van der Waals surface area contributed by atoms with E-state index in [2.05, 4.69) is 36.9 Å². The molecule has 0 aromatic carbocycles. The summed E-state index contributed by atoms with van der Waals surface area (Å²) in [6, 6.07) is 10.2. The highest BCUT2D eigenvalue weighted by Crippen LogP contribution is 2.16. The second-order valence-corrected chi connectivity index (χ2v) is 4.91. The molecule has 4 nitrogen and oxygen atoms in total. The Morgan fingerprint density at radius 2 is 2.10 bits per heavy atom. The van der Waals surface area contributed by atoms with Gasteiger partial charge in [-0.1, -0.05) is 28.1 Å². The SMILES string of the molecule is N#CCCN(Cc1cccnc1)c1ccc(CBr)cn1. The summed E-state index contributed by atoms with van der Waals surface area (Å²) in [6.45, 7) is 1.36. The van der Waals surface area contributed by atoms with Crippen molar-refractivity contribution < 1.29 is 0 Å². The molecule has 0 saturated carbocycles. The number of aromatic nitrogens is 2. The van der Waals surface area contributed by atoms with Gasteiger partial charge in [-0.2, -0.15) is 5.26 Å². The first-order valence-corrected chi connectivity index (χ1v) is 7.47. The first-order chi connectivity index (χ1) is 9.83. The highest BCUT2D eigenvalue weighted by molar-refractivity contribution is 9.08. The maximum Gasteiger partial charge on any atom is 0.128 e. The number of alkyl halides is 1.